The largest absolute Gasteiger partial charge is 0.315 e. The molecule has 4 rings (SSSR count). The van der Waals surface area contributed by atoms with E-state index in [0.29, 0.717) is 6.42 Å². The van der Waals surface area contributed by atoms with E-state index in [4.69, 9.17) is 5.73 Å². The highest BCUT2D eigenvalue weighted by Crippen LogP contribution is 2.40. The lowest BCUT2D eigenvalue weighted by Gasteiger charge is -2.37. The van der Waals surface area contributed by atoms with E-state index in [1.54, 1.807) is 24.8 Å². The van der Waals surface area contributed by atoms with Gasteiger partial charge in [-0.2, -0.15) is 0 Å². The molecular weight excluding hydrogens is 346 g/mol. The zero-order valence-electron chi connectivity index (χ0n) is 15.4. The predicted octanol–water partition coefficient (Wildman–Crippen LogP) is 3.50. The van der Waals surface area contributed by atoms with Gasteiger partial charge in [-0.25, -0.2) is 0 Å². The zero-order chi connectivity index (χ0) is 19.2. The molecule has 4 heterocycles. The van der Waals surface area contributed by atoms with Crippen LogP contribution >= 0.6 is 0 Å². The Hall–Kier alpha value is -3.44. The lowest BCUT2D eigenvalue weighted by atomic mass is 9.73. The van der Waals surface area contributed by atoms with Gasteiger partial charge < -0.3 is 5.73 Å². The molecule has 0 saturated heterocycles. The van der Waals surface area contributed by atoms with Crippen LogP contribution in [-0.2, 0) is 12.0 Å². The minimum atomic E-state index is -0.941. The monoisotopic (exact) mass is 367 g/mol. The third-order valence-electron chi connectivity index (χ3n) is 4.95. The van der Waals surface area contributed by atoms with Gasteiger partial charge in [0.05, 0.1) is 11.4 Å². The van der Waals surface area contributed by atoms with Gasteiger partial charge in [0, 0.05) is 42.6 Å². The smallest absolute Gasteiger partial charge is 0.108 e. The lowest BCUT2D eigenvalue weighted by molar-refractivity contribution is 0.395. The summed E-state index contributed by atoms with van der Waals surface area (Å²) in [5.41, 5.74) is 9.74. The average Bonchev–Trinajstić information content (AvgIpc) is 2.79. The second kappa shape index (κ2) is 8.06. The normalized spacial score (nSPS) is 12.5. The Balaban J connectivity index is 1.91. The predicted molar refractivity (Wildman–Crippen MR) is 108 cm³/mol. The van der Waals surface area contributed by atoms with Crippen LogP contribution in [0.4, 0.5) is 0 Å². The summed E-state index contributed by atoms with van der Waals surface area (Å²) in [6.07, 6.45) is 9.59. The van der Waals surface area contributed by atoms with Crippen LogP contribution in [-0.4, -0.2) is 19.9 Å². The summed E-state index contributed by atoms with van der Waals surface area (Å²) in [6.45, 7) is 0. The number of nitrogens with two attached hydrogens (primary N) is 1. The van der Waals surface area contributed by atoms with E-state index in [0.717, 1.165) is 22.6 Å². The molecule has 1 atom stereocenters. The molecule has 138 valence electrons. The minimum Gasteiger partial charge on any atom is -0.315 e. The second-order valence-electron chi connectivity index (χ2n) is 6.66. The van der Waals surface area contributed by atoms with Crippen LogP contribution in [0.15, 0.2) is 97.7 Å². The molecule has 0 aliphatic rings. The highest BCUT2D eigenvalue weighted by atomic mass is 14.9. The third-order valence-corrected chi connectivity index (χ3v) is 4.95. The third kappa shape index (κ3) is 3.52. The van der Waals surface area contributed by atoms with Gasteiger partial charge in [0.1, 0.15) is 5.54 Å². The maximum Gasteiger partial charge on any atom is 0.108 e. The summed E-state index contributed by atoms with van der Waals surface area (Å²) in [5.74, 6) is -0.152. The Labute approximate surface area is 164 Å². The molecule has 1 unspecified atom stereocenters. The molecule has 0 radical (unpaired) electrons. The number of aromatic nitrogens is 4. The molecule has 0 saturated carbocycles. The molecule has 0 spiro atoms. The first-order valence-electron chi connectivity index (χ1n) is 9.20. The molecule has 0 amide bonds. The van der Waals surface area contributed by atoms with Crippen LogP contribution in [0.25, 0.3) is 0 Å². The van der Waals surface area contributed by atoms with Crippen LogP contribution in [0.1, 0.15) is 28.6 Å². The van der Waals surface area contributed by atoms with Gasteiger partial charge in [-0.3, -0.25) is 19.9 Å². The van der Waals surface area contributed by atoms with Crippen molar-refractivity contribution in [1.29, 1.82) is 0 Å². The number of rotatable bonds is 6. The molecule has 0 fully saturated rings. The summed E-state index contributed by atoms with van der Waals surface area (Å²) in [6, 6.07) is 21.5. The summed E-state index contributed by atoms with van der Waals surface area (Å²) >= 11 is 0. The van der Waals surface area contributed by atoms with Crippen molar-refractivity contribution >= 4 is 0 Å². The molecule has 5 nitrogen and oxygen atoms in total. The highest BCUT2D eigenvalue weighted by molar-refractivity contribution is 5.38. The van der Waals surface area contributed by atoms with Crippen LogP contribution in [0.5, 0.6) is 0 Å². The standard InChI is InChI=1S/C23H21N5/c24-23(21-10-2-5-14-27-21,22-11-3-6-15-28-22)20(18-8-7-12-25-17-18)16-19-9-1-4-13-26-19/h1-15,17,20H,16,24H2. The molecule has 2 N–H and O–H groups in total. The van der Waals surface area contributed by atoms with Gasteiger partial charge in [0.2, 0.25) is 0 Å². The second-order valence-corrected chi connectivity index (χ2v) is 6.66. The van der Waals surface area contributed by atoms with E-state index in [1.165, 1.54) is 0 Å². The van der Waals surface area contributed by atoms with E-state index in [1.807, 2.05) is 72.9 Å². The first-order chi connectivity index (χ1) is 13.8. The quantitative estimate of drug-likeness (QED) is 0.564. The lowest BCUT2D eigenvalue weighted by Crippen LogP contribution is -2.46. The fourth-order valence-corrected chi connectivity index (χ4v) is 3.55. The van der Waals surface area contributed by atoms with Crippen LogP contribution in [0, 0.1) is 0 Å². The van der Waals surface area contributed by atoms with E-state index in [-0.39, 0.29) is 5.92 Å². The van der Waals surface area contributed by atoms with E-state index in [2.05, 4.69) is 19.9 Å². The number of pyridine rings is 4. The topological polar surface area (TPSA) is 77.6 Å². The highest BCUT2D eigenvalue weighted by Gasteiger charge is 2.42. The van der Waals surface area contributed by atoms with E-state index in [9.17, 15) is 0 Å². The molecule has 0 bridgehead atoms. The Morgan fingerprint density at radius 2 is 1.36 bits per heavy atom. The van der Waals surface area contributed by atoms with Crippen molar-refractivity contribution in [1.82, 2.24) is 19.9 Å². The van der Waals surface area contributed by atoms with Gasteiger partial charge >= 0.3 is 0 Å². The summed E-state index contributed by atoms with van der Waals surface area (Å²) in [4.78, 5) is 18.1. The van der Waals surface area contributed by atoms with E-state index >= 15 is 0 Å². The Bertz CT molecular complexity index is 953. The Morgan fingerprint density at radius 3 is 1.86 bits per heavy atom. The summed E-state index contributed by atoms with van der Waals surface area (Å²) < 4.78 is 0. The van der Waals surface area contributed by atoms with Gasteiger partial charge in [0.25, 0.3) is 0 Å². The Kier molecular flexibility index (Phi) is 5.17. The van der Waals surface area contributed by atoms with E-state index < -0.39 is 5.54 Å². The first-order valence-corrected chi connectivity index (χ1v) is 9.20. The molecule has 0 aromatic carbocycles. The van der Waals surface area contributed by atoms with Crippen molar-refractivity contribution in [3.63, 3.8) is 0 Å². The zero-order valence-corrected chi connectivity index (χ0v) is 15.4. The van der Waals surface area contributed by atoms with Crippen LogP contribution < -0.4 is 5.73 Å². The van der Waals surface area contributed by atoms with Crippen molar-refractivity contribution in [3.05, 3.63) is 120 Å². The van der Waals surface area contributed by atoms with Crippen LogP contribution in [0.2, 0.25) is 0 Å². The molecule has 0 aliphatic heterocycles. The molecule has 0 aliphatic carbocycles. The minimum absolute atomic E-state index is 0.152. The molecule has 4 aromatic heterocycles. The van der Waals surface area contributed by atoms with Crippen LogP contribution in [0.3, 0.4) is 0 Å². The van der Waals surface area contributed by atoms with Crippen molar-refractivity contribution < 1.29 is 0 Å². The average molecular weight is 367 g/mol. The first kappa shape index (κ1) is 17.9. The fraction of sp³-hybridized carbons (Fsp3) is 0.130. The van der Waals surface area contributed by atoms with Gasteiger partial charge in [-0.1, -0.05) is 24.3 Å². The number of nitrogens with zero attached hydrogens (tertiary/aromatic N) is 4. The molecule has 4 aromatic rings. The fourth-order valence-electron chi connectivity index (χ4n) is 3.55. The summed E-state index contributed by atoms with van der Waals surface area (Å²) in [5, 5.41) is 0. The maximum atomic E-state index is 7.18. The number of hydrogen-bond acceptors (Lipinski definition) is 5. The number of hydrogen-bond donors (Lipinski definition) is 1. The molecular formula is C23H21N5. The molecule has 5 heteroatoms. The maximum absolute atomic E-state index is 7.18. The SMILES string of the molecule is NC(c1ccccn1)(c1ccccn1)C(Cc1ccccn1)c1cccnc1. The summed E-state index contributed by atoms with van der Waals surface area (Å²) in [7, 11) is 0. The van der Waals surface area contributed by atoms with Gasteiger partial charge in [0.15, 0.2) is 0 Å². The van der Waals surface area contributed by atoms with Crippen molar-refractivity contribution in [2.24, 2.45) is 5.73 Å². The van der Waals surface area contributed by atoms with Crippen molar-refractivity contribution in [2.45, 2.75) is 17.9 Å². The van der Waals surface area contributed by atoms with Gasteiger partial charge in [-0.05, 0) is 54.4 Å². The Morgan fingerprint density at radius 1 is 0.714 bits per heavy atom. The van der Waals surface area contributed by atoms with Gasteiger partial charge in [-0.15, -0.1) is 0 Å². The van der Waals surface area contributed by atoms with Crippen molar-refractivity contribution in [2.75, 3.05) is 0 Å². The van der Waals surface area contributed by atoms with Crippen molar-refractivity contribution in [3.8, 4) is 0 Å². The molecule has 28 heavy (non-hydrogen) atoms.